The summed E-state index contributed by atoms with van der Waals surface area (Å²) in [6.07, 6.45) is 1.67. The molecule has 0 bridgehead atoms. The molecule has 0 spiro atoms. The summed E-state index contributed by atoms with van der Waals surface area (Å²) >= 11 is 3.95. The highest BCUT2D eigenvalue weighted by Crippen LogP contribution is 1.98. The predicted molar refractivity (Wildman–Crippen MR) is 57.4 cm³/mol. The molecule has 0 aromatic rings. The first-order valence-electron chi connectivity index (χ1n) is 4.24. The molecular formula is C9H19NOS. The van der Waals surface area contributed by atoms with Gasteiger partial charge in [0.1, 0.15) is 0 Å². The van der Waals surface area contributed by atoms with Gasteiger partial charge < -0.3 is 5.32 Å². The van der Waals surface area contributed by atoms with E-state index in [-0.39, 0.29) is 11.9 Å². The maximum atomic E-state index is 10.9. The zero-order valence-corrected chi connectivity index (χ0v) is 9.40. The topological polar surface area (TPSA) is 29.1 Å². The normalized spacial score (nSPS) is 10.4. The molecule has 0 aromatic heterocycles. The minimum Gasteiger partial charge on any atom is -0.349 e. The second-order valence-electron chi connectivity index (χ2n) is 2.30. The molecule has 3 heteroatoms. The number of rotatable bonds is 2. The van der Waals surface area contributed by atoms with Crippen LogP contribution in [0.15, 0.2) is 11.0 Å². The summed E-state index contributed by atoms with van der Waals surface area (Å²) in [5.74, 6) is -0.110. The molecule has 0 aliphatic heterocycles. The van der Waals surface area contributed by atoms with Crippen LogP contribution in [0, 0.1) is 0 Å². The Morgan fingerprint density at radius 1 is 1.42 bits per heavy atom. The number of amides is 1. The third-order valence-corrected chi connectivity index (χ3v) is 1.39. The van der Waals surface area contributed by atoms with Crippen LogP contribution in [0.25, 0.3) is 0 Å². The van der Waals surface area contributed by atoms with Crippen LogP contribution in [-0.2, 0) is 4.79 Å². The molecule has 0 radical (unpaired) electrons. The van der Waals surface area contributed by atoms with Crippen molar-refractivity contribution in [2.75, 3.05) is 0 Å². The Labute approximate surface area is 80.8 Å². The quantitative estimate of drug-likeness (QED) is 0.507. The summed E-state index contributed by atoms with van der Waals surface area (Å²) in [4.78, 5) is 11.4. The van der Waals surface area contributed by atoms with Crippen molar-refractivity contribution in [2.24, 2.45) is 0 Å². The largest absolute Gasteiger partial charge is 0.349 e. The van der Waals surface area contributed by atoms with Gasteiger partial charge in [-0.25, -0.2) is 0 Å². The molecule has 0 heterocycles. The van der Waals surface area contributed by atoms with E-state index in [1.165, 1.54) is 0 Å². The smallest absolute Gasteiger partial charge is 0.257 e. The Morgan fingerprint density at radius 2 is 1.83 bits per heavy atom. The minimum atomic E-state index is -0.110. The molecule has 12 heavy (non-hydrogen) atoms. The van der Waals surface area contributed by atoms with E-state index in [0.717, 1.165) is 0 Å². The molecule has 72 valence electrons. The van der Waals surface area contributed by atoms with Crippen molar-refractivity contribution in [3.8, 4) is 0 Å². The van der Waals surface area contributed by atoms with Crippen LogP contribution in [-0.4, -0.2) is 11.9 Å². The van der Waals surface area contributed by atoms with Gasteiger partial charge in [0, 0.05) is 6.04 Å². The van der Waals surface area contributed by atoms with Crippen molar-refractivity contribution in [3.05, 3.63) is 11.0 Å². The monoisotopic (exact) mass is 189 g/mol. The number of thiol groups is 1. The van der Waals surface area contributed by atoms with Crippen molar-refractivity contribution >= 4 is 18.5 Å². The Hall–Kier alpha value is -0.440. The van der Waals surface area contributed by atoms with E-state index in [9.17, 15) is 4.79 Å². The Kier molecular flexibility index (Phi) is 10.2. The standard InChI is InChI=1S/C7H13NOS.C2H6/c1-4-6(10)7(9)8-5(2)3;1-2/h4-5,10H,1-3H3,(H,8,9);1-2H3/b6-4-;. The van der Waals surface area contributed by atoms with E-state index in [2.05, 4.69) is 17.9 Å². The van der Waals surface area contributed by atoms with Crippen LogP contribution < -0.4 is 5.32 Å². The van der Waals surface area contributed by atoms with Gasteiger partial charge in [0.25, 0.3) is 5.91 Å². The SMILES string of the molecule is C/C=C(\S)C(=O)NC(C)C.CC. The van der Waals surface area contributed by atoms with Crippen LogP contribution >= 0.6 is 12.6 Å². The Bertz CT molecular complexity index is 153. The summed E-state index contributed by atoms with van der Waals surface area (Å²) in [6.45, 7) is 9.60. The van der Waals surface area contributed by atoms with Gasteiger partial charge in [-0.1, -0.05) is 19.9 Å². The molecular weight excluding hydrogens is 170 g/mol. The lowest BCUT2D eigenvalue weighted by molar-refractivity contribution is -0.117. The lowest BCUT2D eigenvalue weighted by Crippen LogP contribution is -2.30. The van der Waals surface area contributed by atoms with Gasteiger partial charge in [-0.3, -0.25) is 4.79 Å². The van der Waals surface area contributed by atoms with Gasteiger partial charge in [-0.2, -0.15) is 0 Å². The number of carbonyl (C=O) groups is 1. The summed E-state index contributed by atoms with van der Waals surface area (Å²) in [5, 5.41) is 2.71. The van der Waals surface area contributed by atoms with Crippen LogP contribution in [0.1, 0.15) is 34.6 Å². The number of hydrogen-bond donors (Lipinski definition) is 2. The fraction of sp³-hybridized carbons (Fsp3) is 0.667. The van der Waals surface area contributed by atoms with E-state index in [4.69, 9.17) is 0 Å². The van der Waals surface area contributed by atoms with E-state index in [0.29, 0.717) is 4.91 Å². The first kappa shape index (κ1) is 14.1. The first-order valence-corrected chi connectivity index (χ1v) is 4.68. The van der Waals surface area contributed by atoms with Crippen molar-refractivity contribution in [3.63, 3.8) is 0 Å². The Morgan fingerprint density at radius 3 is 2.08 bits per heavy atom. The van der Waals surface area contributed by atoms with Crippen LogP contribution in [0.4, 0.5) is 0 Å². The molecule has 0 saturated heterocycles. The number of carbonyl (C=O) groups excluding carboxylic acids is 1. The average molecular weight is 189 g/mol. The molecule has 0 atom stereocenters. The van der Waals surface area contributed by atoms with Gasteiger partial charge in [0.2, 0.25) is 0 Å². The van der Waals surface area contributed by atoms with Crippen LogP contribution in [0.2, 0.25) is 0 Å². The second-order valence-corrected chi connectivity index (χ2v) is 2.78. The highest BCUT2D eigenvalue weighted by Gasteiger charge is 2.03. The average Bonchev–Trinajstić information content (AvgIpc) is 2.05. The van der Waals surface area contributed by atoms with Gasteiger partial charge in [-0.05, 0) is 20.8 Å². The number of nitrogens with one attached hydrogen (secondary N) is 1. The molecule has 1 N–H and O–H groups in total. The molecule has 2 nitrogen and oxygen atoms in total. The minimum absolute atomic E-state index is 0.110. The lowest BCUT2D eigenvalue weighted by Gasteiger charge is -2.06. The molecule has 0 aromatic carbocycles. The molecule has 0 saturated carbocycles. The van der Waals surface area contributed by atoms with Gasteiger partial charge in [-0.15, -0.1) is 12.6 Å². The molecule has 1 amide bonds. The maximum Gasteiger partial charge on any atom is 0.257 e. The van der Waals surface area contributed by atoms with Crippen molar-refractivity contribution in [1.29, 1.82) is 0 Å². The summed E-state index contributed by atoms with van der Waals surface area (Å²) in [5.41, 5.74) is 0. The molecule has 0 unspecified atom stereocenters. The lowest BCUT2D eigenvalue weighted by atomic mass is 10.4. The van der Waals surface area contributed by atoms with Gasteiger partial charge in [0.05, 0.1) is 4.91 Å². The van der Waals surface area contributed by atoms with E-state index in [1.54, 1.807) is 13.0 Å². The van der Waals surface area contributed by atoms with E-state index < -0.39 is 0 Å². The maximum absolute atomic E-state index is 10.9. The Balaban J connectivity index is 0. The van der Waals surface area contributed by atoms with Gasteiger partial charge in [0.15, 0.2) is 0 Å². The summed E-state index contributed by atoms with van der Waals surface area (Å²) in [6, 6.07) is 0.176. The molecule has 0 fully saturated rings. The number of allylic oxidation sites excluding steroid dienone is 1. The first-order chi connectivity index (χ1) is 5.57. The molecule has 0 aliphatic rings. The van der Waals surface area contributed by atoms with E-state index >= 15 is 0 Å². The zero-order valence-electron chi connectivity index (χ0n) is 8.51. The van der Waals surface area contributed by atoms with Crippen molar-refractivity contribution < 1.29 is 4.79 Å². The zero-order chi connectivity index (χ0) is 10.1. The van der Waals surface area contributed by atoms with Crippen LogP contribution in [0.3, 0.4) is 0 Å². The number of hydrogen-bond acceptors (Lipinski definition) is 2. The summed E-state index contributed by atoms with van der Waals surface area (Å²) in [7, 11) is 0. The third kappa shape index (κ3) is 7.66. The third-order valence-electron chi connectivity index (χ3n) is 0.926. The highest BCUT2D eigenvalue weighted by atomic mass is 32.1. The fourth-order valence-electron chi connectivity index (χ4n) is 0.467. The van der Waals surface area contributed by atoms with Gasteiger partial charge >= 0.3 is 0 Å². The van der Waals surface area contributed by atoms with Crippen molar-refractivity contribution in [2.45, 2.75) is 40.7 Å². The predicted octanol–water partition coefficient (Wildman–Crippen LogP) is 2.37. The fourth-order valence-corrected chi connectivity index (χ4v) is 0.532. The second kappa shape index (κ2) is 8.65. The molecule has 0 aliphatic carbocycles. The highest BCUT2D eigenvalue weighted by molar-refractivity contribution is 7.85. The summed E-state index contributed by atoms with van der Waals surface area (Å²) < 4.78 is 0. The van der Waals surface area contributed by atoms with Crippen LogP contribution in [0.5, 0.6) is 0 Å². The molecule has 0 rings (SSSR count). The van der Waals surface area contributed by atoms with E-state index in [1.807, 2.05) is 27.7 Å². The van der Waals surface area contributed by atoms with Crippen molar-refractivity contribution in [1.82, 2.24) is 5.32 Å².